The fraction of sp³-hybridized carbons (Fsp3) is 0.935. The van der Waals surface area contributed by atoms with Gasteiger partial charge < -0.3 is 104 Å². The van der Waals surface area contributed by atoms with Crippen LogP contribution in [-0.4, -0.2) is 222 Å². The predicted molar refractivity (Wildman–Crippen MR) is 169 cm³/mol. The summed E-state index contributed by atoms with van der Waals surface area (Å²) in [5.74, 6) is -4.05. The first-order chi connectivity index (χ1) is 25.4. The van der Waals surface area contributed by atoms with Crippen LogP contribution in [0.2, 0.25) is 0 Å². The lowest BCUT2D eigenvalue weighted by Crippen LogP contribution is -2.69. The van der Waals surface area contributed by atoms with Gasteiger partial charge in [-0.3, -0.25) is 9.59 Å². The lowest BCUT2D eigenvalue weighted by molar-refractivity contribution is -0.424. The zero-order chi connectivity index (χ0) is 40.2. The van der Waals surface area contributed by atoms with Crippen molar-refractivity contribution in [3.05, 3.63) is 0 Å². The Morgan fingerprint density at radius 3 is 2.02 bits per heavy atom. The van der Waals surface area contributed by atoms with Crippen LogP contribution in [0.15, 0.2) is 0 Å². The van der Waals surface area contributed by atoms with E-state index in [1.807, 2.05) is 0 Å². The quantitative estimate of drug-likeness (QED) is 0.0541. The molecule has 54 heavy (non-hydrogen) atoms. The molecule has 0 aliphatic carbocycles. The fourth-order valence-corrected chi connectivity index (χ4v) is 6.90. The largest absolute Gasteiger partial charge is 0.410 e. The van der Waals surface area contributed by atoms with Crippen LogP contribution in [-0.2, 0) is 47.5 Å². The molecule has 13 N–H and O–H groups in total. The van der Waals surface area contributed by atoms with Gasteiger partial charge in [-0.25, -0.2) is 0 Å². The standard InChI is InChI=1S/C31H53NO22/c1-10-13(38)4-31(48-9-36,54-26(10)19(40)14(39)5-33)47-8-17-21(42)23(44)25(46)30(51-17)53-28-16(7-35)50-29(18(22(28)43)32-12(3)37)52-27-11(2)49-15(6-34)20(41)24(27)45/h9-11,13-30,33-35,38-46H,4-8H2,1-3H3,(H,32,37)/t10-,11-,13-,14?,15?,16?,17?,18?,19-,20-,21+,22?,23+,24+,25?,26?,27?,28-,29+,30+,31+/m1/s1. The van der Waals surface area contributed by atoms with E-state index in [1.54, 1.807) is 0 Å². The third-order valence-electron chi connectivity index (χ3n) is 10.1. The normalized spacial score (nSPS) is 47.0. The predicted octanol–water partition coefficient (Wildman–Crippen LogP) is -8.01. The summed E-state index contributed by atoms with van der Waals surface area (Å²) in [6.45, 7) is 0.690. The second-order valence-electron chi connectivity index (χ2n) is 13.9. The van der Waals surface area contributed by atoms with Crippen LogP contribution >= 0.6 is 0 Å². The molecule has 23 heteroatoms. The Balaban J connectivity index is 1.52. The van der Waals surface area contributed by atoms with Crippen molar-refractivity contribution in [2.24, 2.45) is 5.92 Å². The van der Waals surface area contributed by atoms with Crippen molar-refractivity contribution in [1.82, 2.24) is 5.32 Å². The van der Waals surface area contributed by atoms with E-state index in [2.05, 4.69) is 5.32 Å². The highest BCUT2D eigenvalue weighted by molar-refractivity contribution is 5.73. The summed E-state index contributed by atoms with van der Waals surface area (Å²) in [6, 6.07) is -1.51. The SMILES string of the molecule is CC(=O)NC1C(O)[C@H](O[C@@H]2OC(CO[C@]3(OC=O)C[C@@H](O)[C@@H](C)C([C@H](O)C(O)CO)O3)[C@H](O)[C@H](O)C2O)C(CO)O[C@H]1OC1[C@@H](O)[C@H](O)C(CO)O[C@@H]1C. The molecule has 0 radical (unpaired) electrons. The molecule has 0 aromatic carbocycles. The molecular formula is C31H53NO22. The molecule has 23 nitrogen and oxygen atoms in total. The number of aliphatic hydroxyl groups excluding tert-OH is 12. The molecule has 0 aromatic heterocycles. The van der Waals surface area contributed by atoms with Crippen LogP contribution in [0.4, 0.5) is 0 Å². The van der Waals surface area contributed by atoms with Crippen LogP contribution in [0.25, 0.3) is 0 Å². The topological polar surface area (TPSA) is 363 Å². The van der Waals surface area contributed by atoms with Gasteiger partial charge >= 0.3 is 5.97 Å². The molecule has 0 aromatic rings. The summed E-state index contributed by atoms with van der Waals surface area (Å²) in [4.78, 5) is 23.7. The van der Waals surface area contributed by atoms with Gasteiger partial charge in [-0.1, -0.05) is 6.92 Å². The molecule has 4 fully saturated rings. The van der Waals surface area contributed by atoms with E-state index in [1.165, 1.54) is 13.8 Å². The number of amides is 1. The van der Waals surface area contributed by atoms with Crippen molar-refractivity contribution in [1.29, 1.82) is 0 Å². The zero-order valence-corrected chi connectivity index (χ0v) is 29.6. The monoisotopic (exact) mass is 791 g/mol. The number of rotatable bonds is 15. The van der Waals surface area contributed by atoms with E-state index < -0.39 is 167 Å². The van der Waals surface area contributed by atoms with Crippen LogP contribution < -0.4 is 5.32 Å². The minimum absolute atomic E-state index is 0.101. The Kier molecular flexibility index (Phi) is 15.9. The highest BCUT2D eigenvalue weighted by Gasteiger charge is 2.55. The maximum absolute atomic E-state index is 12.2. The Morgan fingerprint density at radius 2 is 1.43 bits per heavy atom. The smallest absolute Gasteiger partial charge is 0.332 e. The van der Waals surface area contributed by atoms with Crippen molar-refractivity contribution in [3.63, 3.8) is 0 Å². The highest BCUT2D eigenvalue weighted by atomic mass is 16.9. The molecule has 0 spiro atoms. The Morgan fingerprint density at radius 1 is 0.815 bits per heavy atom. The summed E-state index contributed by atoms with van der Waals surface area (Å²) in [6.07, 6.45) is -29.8. The van der Waals surface area contributed by atoms with Crippen molar-refractivity contribution in [3.8, 4) is 0 Å². The van der Waals surface area contributed by atoms with E-state index in [0.29, 0.717) is 0 Å². The van der Waals surface area contributed by atoms with Crippen LogP contribution in [0.1, 0.15) is 27.2 Å². The minimum atomic E-state index is -2.46. The Labute approximate surface area is 308 Å². The first kappa shape index (κ1) is 44.9. The number of hydrogen-bond acceptors (Lipinski definition) is 22. The van der Waals surface area contributed by atoms with Gasteiger partial charge in [0, 0.05) is 12.8 Å². The lowest BCUT2D eigenvalue weighted by Gasteiger charge is -2.49. The summed E-state index contributed by atoms with van der Waals surface area (Å²) in [7, 11) is 0. The lowest BCUT2D eigenvalue weighted by atomic mass is 9.87. The summed E-state index contributed by atoms with van der Waals surface area (Å²) in [5, 5.41) is 128. The van der Waals surface area contributed by atoms with E-state index in [-0.39, 0.29) is 6.47 Å². The minimum Gasteiger partial charge on any atom is -0.410 e. The van der Waals surface area contributed by atoms with Gasteiger partial charge in [0.25, 0.3) is 6.47 Å². The first-order valence-electron chi connectivity index (χ1n) is 17.4. The molecule has 4 heterocycles. The van der Waals surface area contributed by atoms with Gasteiger partial charge in [-0.2, -0.15) is 0 Å². The summed E-state index contributed by atoms with van der Waals surface area (Å²) >= 11 is 0. The van der Waals surface area contributed by atoms with Crippen LogP contribution in [0.5, 0.6) is 0 Å². The molecule has 314 valence electrons. The summed E-state index contributed by atoms with van der Waals surface area (Å²) in [5.41, 5.74) is 0. The molecule has 4 aliphatic rings. The molecular weight excluding hydrogens is 738 g/mol. The average molecular weight is 792 g/mol. The van der Waals surface area contributed by atoms with Gasteiger partial charge in [0.2, 0.25) is 5.91 Å². The third-order valence-corrected chi connectivity index (χ3v) is 10.1. The maximum atomic E-state index is 12.2. The molecule has 4 rings (SSSR count). The third kappa shape index (κ3) is 9.64. The molecule has 1 amide bonds. The van der Waals surface area contributed by atoms with Gasteiger partial charge in [-0.15, -0.1) is 0 Å². The van der Waals surface area contributed by atoms with Crippen LogP contribution in [0, 0.1) is 5.92 Å². The number of nitrogens with one attached hydrogen (secondary N) is 1. The molecule has 21 atom stereocenters. The first-order valence-corrected chi connectivity index (χ1v) is 17.4. The Bertz CT molecular complexity index is 1210. The number of ether oxygens (including phenoxy) is 8. The van der Waals surface area contributed by atoms with Crippen molar-refractivity contribution >= 4 is 12.4 Å². The van der Waals surface area contributed by atoms with E-state index in [0.717, 1.165) is 6.92 Å². The van der Waals surface area contributed by atoms with E-state index >= 15 is 0 Å². The average Bonchev–Trinajstić information content (AvgIpc) is 3.14. The zero-order valence-electron chi connectivity index (χ0n) is 29.6. The van der Waals surface area contributed by atoms with Crippen molar-refractivity contribution < 1.29 is 109 Å². The molecule has 4 aliphatic heterocycles. The number of aliphatic hydroxyl groups is 12. The molecule has 4 saturated heterocycles. The fourth-order valence-electron chi connectivity index (χ4n) is 6.90. The number of carbonyl (C=O) groups is 2. The van der Waals surface area contributed by atoms with Gasteiger partial charge in [0.05, 0.1) is 51.2 Å². The molecule has 0 saturated carbocycles. The second kappa shape index (κ2) is 19.1. The van der Waals surface area contributed by atoms with Gasteiger partial charge in [0.15, 0.2) is 12.6 Å². The van der Waals surface area contributed by atoms with E-state index in [4.69, 9.17) is 37.9 Å². The second-order valence-corrected chi connectivity index (χ2v) is 13.9. The molecule has 0 bridgehead atoms. The Hall–Kier alpha value is -1.82. The van der Waals surface area contributed by atoms with Gasteiger partial charge in [0.1, 0.15) is 85.4 Å². The van der Waals surface area contributed by atoms with Crippen molar-refractivity contribution in [2.45, 2.75) is 149 Å². The number of hydrogen-bond donors (Lipinski definition) is 13. The van der Waals surface area contributed by atoms with Crippen LogP contribution in [0.3, 0.4) is 0 Å². The summed E-state index contributed by atoms with van der Waals surface area (Å²) < 4.78 is 45.0. The highest BCUT2D eigenvalue weighted by Crippen LogP contribution is 2.38. The maximum Gasteiger partial charge on any atom is 0.332 e. The van der Waals surface area contributed by atoms with Crippen molar-refractivity contribution in [2.75, 3.05) is 26.4 Å². The van der Waals surface area contributed by atoms with Gasteiger partial charge in [-0.05, 0) is 6.92 Å². The van der Waals surface area contributed by atoms with E-state index in [9.17, 15) is 70.9 Å². The number of carbonyl (C=O) groups excluding carboxylic acids is 2. The molecule has 9 unspecified atom stereocenters.